The van der Waals surface area contributed by atoms with E-state index in [0.29, 0.717) is 44.7 Å². The first-order valence-corrected chi connectivity index (χ1v) is 8.59. The van der Waals surface area contributed by atoms with Gasteiger partial charge in [-0.3, -0.25) is 4.68 Å². The van der Waals surface area contributed by atoms with Gasteiger partial charge in [0.15, 0.2) is 0 Å². The normalized spacial score (nSPS) is 15.9. The predicted octanol–water partition coefficient (Wildman–Crippen LogP) is 2.29. The van der Waals surface area contributed by atoms with Crippen LogP contribution in [-0.4, -0.2) is 34.1 Å². The predicted molar refractivity (Wildman–Crippen MR) is 92.3 cm³/mol. The van der Waals surface area contributed by atoms with Crippen molar-refractivity contribution in [3.05, 3.63) is 47.5 Å². The zero-order valence-corrected chi connectivity index (χ0v) is 14.1. The molecular weight excluding hydrogens is 307 g/mol. The van der Waals surface area contributed by atoms with Crippen LogP contribution in [0.15, 0.2) is 30.6 Å². The molecule has 1 aromatic carbocycles. The number of piperidine rings is 1. The molecule has 2 aromatic rings. The first-order chi connectivity index (χ1) is 11.7. The topological polar surface area (TPSA) is 53.3 Å². The first-order valence-electron chi connectivity index (χ1n) is 8.59. The van der Waals surface area contributed by atoms with E-state index in [0.717, 1.165) is 17.7 Å². The fraction of sp³-hybridized carbons (Fsp3) is 0.500. The SMILES string of the molecule is CCn1cc(CNCc2ccc(N3CCC(O)CC3)c(F)c2)cn1. The number of hydrogen-bond acceptors (Lipinski definition) is 4. The molecule has 1 aliphatic rings. The lowest BCUT2D eigenvalue weighted by Gasteiger charge is -2.31. The summed E-state index contributed by atoms with van der Waals surface area (Å²) in [5.41, 5.74) is 2.69. The van der Waals surface area contributed by atoms with Crippen LogP contribution in [0.5, 0.6) is 0 Å². The molecule has 5 nitrogen and oxygen atoms in total. The van der Waals surface area contributed by atoms with Gasteiger partial charge in [0.2, 0.25) is 0 Å². The summed E-state index contributed by atoms with van der Waals surface area (Å²) in [5, 5.41) is 17.1. The number of anilines is 1. The summed E-state index contributed by atoms with van der Waals surface area (Å²) >= 11 is 0. The van der Waals surface area contributed by atoms with E-state index >= 15 is 0 Å². The van der Waals surface area contributed by atoms with Crippen LogP contribution in [0.3, 0.4) is 0 Å². The molecule has 0 spiro atoms. The maximum absolute atomic E-state index is 14.4. The number of halogens is 1. The van der Waals surface area contributed by atoms with Gasteiger partial charge < -0.3 is 15.3 Å². The van der Waals surface area contributed by atoms with Gasteiger partial charge >= 0.3 is 0 Å². The number of aliphatic hydroxyl groups is 1. The second kappa shape index (κ2) is 7.77. The second-order valence-corrected chi connectivity index (χ2v) is 6.31. The highest BCUT2D eigenvalue weighted by atomic mass is 19.1. The summed E-state index contributed by atoms with van der Waals surface area (Å²) in [4.78, 5) is 2.01. The van der Waals surface area contributed by atoms with Gasteiger partial charge in [-0.1, -0.05) is 6.07 Å². The van der Waals surface area contributed by atoms with Gasteiger partial charge in [0.25, 0.3) is 0 Å². The number of aliphatic hydroxyl groups excluding tert-OH is 1. The van der Waals surface area contributed by atoms with E-state index in [-0.39, 0.29) is 11.9 Å². The fourth-order valence-electron chi connectivity index (χ4n) is 3.05. The molecule has 0 saturated carbocycles. The van der Waals surface area contributed by atoms with Crippen molar-refractivity contribution in [1.29, 1.82) is 0 Å². The number of rotatable bonds is 6. The van der Waals surface area contributed by atoms with Crippen LogP contribution in [0.25, 0.3) is 0 Å². The molecule has 2 N–H and O–H groups in total. The average Bonchev–Trinajstić information content (AvgIpc) is 3.04. The summed E-state index contributed by atoms with van der Waals surface area (Å²) in [6.45, 7) is 5.66. The van der Waals surface area contributed by atoms with E-state index < -0.39 is 0 Å². The highest BCUT2D eigenvalue weighted by molar-refractivity contribution is 5.49. The van der Waals surface area contributed by atoms with E-state index in [1.165, 1.54) is 0 Å². The lowest BCUT2D eigenvalue weighted by molar-refractivity contribution is 0.145. The summed E-state index contributed by atoms with van der Waals surface area (Å²) in [5.74, 6) is -0.190. The van der Waals surface area contributed by atoms with Crippen molar-refractivity contribution in [2.24, 2.45) is 0 Å². The van der Waals surface area contributed by atoms with Gasteiger partial charge in [-0.15, -0.1) is 0 Å². The minimum Gasteiger partial charge on any atom is -0.393 e. The third-order valence-corrected chi connectivity index (χ3v) is 4.49. The van der Waals surface area contributed by atoms with Crippen LogP contribution >= 0.6 is 0 Å². The van der Waals surface area contributed by atoms with Crippen molar-refractivity contribution in [1.82, 2.24) is 15.1 Å². The third-order valence-electron chi connectivity index (χ3n) is 4.49. The number of benzene rings is 1. The monoisotopic (exact) mass is 332 g/mol. The van der Waals surface area contributed by atoms with Crippen LogP contribution in [-0.2, 0) is 19.6 Å². The van der Waals surface area contributed by atoms with E-state index in [2.05, 4.69) is 17.3 Å². The molecule has 0 atom stereocenters. The van der Waals surface area contributed by atoms with Gasteiger partial charge in [0, 0.05) is 44.5 Å². The average molecular weight is 332 g/mol. The number of nitrogens with one attached hydrogen (secondary N) is 1. The second-order valence-electron chi connectivity index (χ2n) is 6.31. The zero-order chi connectivity index (χ0) is 16.9. The summed E-state index contributed by atoms with van der Waals surface area (Å²) in [6, 6.07) is 5.41. The molecule has 130 valence electrons. The van der Waals surface area contributed by atoms with Crippen molar-refractivity contribution in [2.45, 2.75) is 45.5 Å². The molecule has 0 bridgehead atoms. The molecule has 0 radical (unpaired) electrons. The minimum absolute atomic E-state index is 0.190. The van der Waals surface area contributed by atoms with Gasteiger partial charge in [-0.25, -0.2) is 4.39 Å². The van der Waals surface area contributed by atoms with Crippen molar-refractivity contribution >= 4 is 5.69 Å². The van der Waals surface area contributed by atoms with Crippen molar-refractivity contribution < 1.29 is 9.50 Å². The molecule has 1 aromatic heterocycles. The maximum Gasteiger partial charge on any atom is 0.146 e. The smallest absolute Gasteiger partial charge is 0.146 e. The Hall–Kier alpha value is -1.92. The standard InChI is InChI=1S/C18H25FN4O/c1-2-23-13-15(12-21-23)11-20-10-14-3-4-18(17(19)9-14)22-7-5-16(24)6-8-22/h3-4,9,12-13,16,20,24H,2,5-8,10-11H2,1H3. The van der Waals surface area contributed by atoms with E-state index in [1.807, 2.05) is 34.1 Å². The Kier molecular flexibility index (Phi) is 5.48. The molecule has 24 heavy (non-hydrogen) atoms. The van der Waals surface area contributed by atoms with Crippen LogP contribution < -0.4 is 10.2 Å². The van der Waals surface area contributed by atoms with Crippen LogP contribution in [0.4, 0.5) is 10.1 Å². The van der Waals surface area contributed by atoms with Crippen molar-refractivity contribution in [3.63, 3.8) is 0 Å². The number of hydrogen-bond donors (Lipinski definition) is 2. The summed E-state index contributed by atoms with van der Waals surface area (Å²) < 4.78 is 16.3. The zero-order valence-electron chi connectivity index (χ0n) is 14.1. The lowest BCUT2D eigenvalue weighted by atomic mass is 10.1. The first kappa shape index (κ1) is 16.9. The number of nitrogens with zero attached hydrogens (tertiary/aromatic N) is 3. The molecule has 6 heteroatoms. The summed E-state index contributed by atoms with van der Waals surface area (Å²) in [6.07, 6.45) is 5.03. The Bertz CT molecular complexity index is 665. The van der Waals surface area contributed by atoms with Gasteiger partial charge in [0.1, 0.15) is 5.82 Å². The molecule has 0 aliphatic carbocycles. The maximum atomic E-state index is 14.4. The van der Waals surface area contributed by atoms with Gasteiger partial charge in [-0.05, 0) is 37.5 Å². The van der Waals surface area contributed by atoms with Crippen LogP contribution in [0.2, 0.25) is 0 Å². The Morgan fingerprint density at radius 2 is 2.00 bits per heavy atom. The Balaban J connectivity index is 1.54. The van der Waals surface area contributed by atoms with E-state index in [1.54, 1.807) is 6.07 Å². The molecule has 0 unspecified atom stereocenters. The molecule has 3 rings (SSSR count). The fourth-order valence-corrected chi connectivity index (χ4v) is 3.05. The molecular formula is C18H25FN4O. The number of aromatic nitrogens is 2. The Morgan fingerprint density at radius 1 is 1.25 bits per heavy atom. The Labute approximate surface area is 142 Å². The quantitative estimate of drug-likeness (QED) is 0.852. The molecule has 1 aliphatic heterocycles. The van der Waals surface area contributed by atoms with Gasteiger partial charge in [0.05, 0.1) is 18.0 Å². The molecule has 0 amide bonds. The van der Waals surface area contributed by atoms with E-state index in [4.69, 9.17) is 0 Å². The van der Waals surface area contributed by atoms with Crippen molar-refractivity contribution in [2.75, 3.05) is 18.0 Å². The van der Waals surface area contributed by atoms with Gasteiger partial charge in [-0.2, -0.15) is 5.10 Å². The third kappa shape index (κ3) is 4.13. The largest absolute Gasteiger partial charge is 0.393 e. The highest BCUT2D eigenvalue weighted by Crippen LogP contribution is 2.24. The van der Waals surface area contributed by atoms with Crippen molar-refractivity contribution in [3.8, 4) is 0 Å². The minimum atomic E-state index is -0.246. The molecule has 1 fully saturated rings. The highest BCUT2D eigenvalue weighted by Gasteiger charge is 2.19. The molecule has 1 saturated heterocycles. The number of aryl methyl sites for hydroxylation is 1. The Morgan fingerprint density at radius 3 is 2.67 bits per heavy atom. The van der Waals surface area contributed by atoms with Crippen LogP contribution in [0, 0.1) is 5.82 Å². The molecule has 2 heterocycles. The van der Waals surface area contributed by atoms with E-state index in [9.17, 15) is 9.50 Å². The lowest BCUT2D eigenvalue weighted by Crippen LogP contribution is -2.36. The summed E-state index contributed by atoms with van der Waals surface area (Å²) in [7, 11) is 0. The van der Waals surface area contributed by atoms with Crippen LogP contribution in [0.1, 0.15) is 30.9 Å².